The van der Waals surface area contributed by atoms with Crippen molar-refractivity contribution in [2.75, 3.05) is 13.2 Å². The van der Waals surface area contributed by atoms with Crippen molar-refractivity contribution >= 4 is 25.1 Å². The number of allylic oxidation sites excluding steroid dienone is 2. The Hall–Kier alpha value is -1.95. The summed E-state index contributed by atoms with van der Waals surface area (Å²) in [4.78, 5) is 30.2. The summed E-state index contributed by atoms with van der Waals surface area (Å²) in [5.74, 6) is -1.89. The minimum atomic E-state index is -2.17. The highest BCUT2D eigenvalue weighted by atomic mass is 16.5. The normalized spacial score (nSPS) is 10.1. The molecular formula is C22H45BN2O8. The van der Waals surface area contributed by atoms with Gasteiger partial charge in [-0.15, -0.1) is 0 Å². The van der Waals surface area contributed by atoms with E-state index in [1.807, 2.05) is 0 Å². The highest BCUT2D eigenvalue weighted by Gasteiger charge is 1.96. The van der Waals surface area contributed by atoms with Crippen LogP contribution in [0.2, 0.25) is 0 Å². The average molecular weight is 476 g/mol. The molecule has 0 aromatic heterocycles. The van der Waals surface area contributed by atoms with Gasteiger partial charge >= 0.3 is 13.3 Å². The van der Waals surface area contributed by atoms with Gasteiger partial charge in [0.25, 0.3) is 0 Å². The zero-order valence-corrected chi connectivity index (χ0v) is 20.1. The fraction of sp³-hybridized carbons (Fsp3) is 0.773. The quantitative estimate of drug-likeness (QED) is 0.0925. The number of unbranched alkanes of at least 4 members (excludes halogenated alkanes) is 11. The summed E-state index contributed by atoms with van der Waals surface area (Å²) in [6.07, 6.45) is 21.2. The van der Waals surface area contributed by atoms with E-state index in [1.54, 1.807) is 0 Å². The Labute approximate surface area is 198 Å². The number of hydrogen-bond acceptors (Lipinski definition) is 7. The van der Waals surface area contributed by atoms with Crippen molar-refractivity contribution in [2.45, 2.75) is 96.8 Å². The molecule has 2 amide bonds. The molecule has 0 aliphatic carbocycles. The molecule has 0 heterocycles. The van der Waals surface area contributed by atoms with Gasteiger partial charge in [0, 0.05) is 6.42 Å². The number of carbonyl (C=O) groups excluding carboxylic acids is 2. The standard InChI is InChI=1S/C18H34O2.C4H8N2O3.BH3O3/c1-2-3-4-5-6-7-8-9-10-11-12-13-14-15-16-17-18(19)20;5-3(7)1-9-2-4(6)8;2-1(3)4/h9-10H,2-8,11-17H2,1H3,(H,19,20);1-2H2,(H2,5,7)(H2,6,8);2-4H/b10-9-;;. The zero-order chi connectivity index (χ0) is 25.7. The molecule has 0 aliphatic rings. The summed E-state index contributed by atoms with van der Waals surface area (Å²) in [5, 5.41) is 30.0. The van der Waals surface area contributed by atoms with Crippen LogP contribution in [0, 0.1) is 0 Å². The van der Waals surface area contributed by atoms with Crippen LogP contribution < -0.4 is 11.5 Å². The molecule has 0 saturated carbocycles. The molecule has 0 radical (unpaired) electrons. The van der Waals surface area contributed by atoms with E-state index in [1.165, 1.54) is 70.6 Å². The number of primary amides is 2. The van der Waals surface area contributed by atoms with Gasteiger partial charge in [-0.3, -0.25) is 14.4 Å². The zero-order valence-electron chi connectivity index (χ0n) is 20.1. The maximum Gasteiger partial charge on any atom is 0.631 e. The van der Waals surface area contributed by atoms with Gasteiger partial charge in [0.05, 0.1) is 0 Å². The Kier molecular flexibility index (Phi) is 32.5. The van der Waals surface area contributed by atoms with Gasteiger partial charge in [-0.05, 0) is 32.1 Å². The number of carbonyl (C=O) groups is 3. The van der Waals surface area contributed by atoms with Gasteiger partial charge in [-0.2, -0.15) is 0 Å². The summed E-state index contributed by atoms with van der Waals surface area (Å²) in [7, 11) is -2.17. The molecular weight excluding hydrogens is 431 g/mol. The maximum atomic E-state index is 10.3. The van der Waals surface area contributed by atoms with Crippen LogP contribution in [-0.4, -0.2) is 58.5 Å². The second-order valence-electron chi connectivity index (χ2n) is 7.50. The lowest BCUT2D eigenvalue weighted by Crippen LogP contribution is -2.24. The lowest BCUT2D eigenvalue weighted by atomic mass is 10.1. The minimum absolute atomic E-state index is 0.261. The summed E-state index contributed by atoms with van der Waals surface area (Å²) < 4.78 is 4.41. The van der Waals surface area contributed by atoms with Crippen molar-refractivity contribution in [3.05, 3.63) is 12.2 Å². The van der Waals surface area contributed by atoms with E-state index in [2.05, 4.69) is 35.3 Å². The van der Waals surface area contributed by atoms with Crippen LogP contribution in [0.25, 0.3) is 0 Å². The number of ether oxygens (including phenoxy) is 1. The van der Waals surface area contributed by atoms with E-state index in [9.17, 15) is 14.4 Å². The molecule has 0 atom stereocenters. The number of amides is 2. The van der Waals surface area contributed by atoms with E-state index < -0.39 is 25.1 Å². The maximum absolute atomic E-state index is 10.3. The Morgan fingerprint density at radius 3 is 1.45 bits per heavy atom. The first-order valence-electron chi connectivity index (χ1n) is 11.7. The summed E-state index contributed by atoms with van der Waals surface area (Å²) in [6.45, 7) is 1.74. The molecule has 194 valence electrons. The third-order valence-electron chi connectivity index (χ3n) is 4.14. The molecule has 33 heavy (non-hydrogen) atoms. The van der Waals surface area contributed by atoms with Crippen molar-refractivity contribution in [3.8, 4) is 0 Å². The fourth-order valence-corrected chi connectivity index (χ4v) is 2.60. The van der Waals surface area contributed by atoms with Crippen LogP contribution in [0.1, 0.15) is 96.8 Å². The average Bonchev–Trinajstić information content (AvgIpc) is 2.70. The first kappa shape index (κ1) is 35.6. The van der Waals surface area contributed by atoms with Crippen molar-refractivity contribution < 1.29 is 39.3 Å². The van der Waals surface area contributed by atoms with Gasteiger partial charge in [0.2, 0.25) is 11.8 Å². The van der Waals surface area contributed by atoms with Gasteiger partial charge in [-0.25, -0.2) is 0 Å². The number of hydrogen-bond donors (Lipinski definition) is 6. The third kappa shape index (κ3) is 53.4. The number of carboxylic acids is 1. The van der Waals surface area contributed by atoms with Crippen LogP contribution in [0.15, 0.2) is 12.2 Å². The lowest BCUT2D eigenvalue weighted by molar-refractivity contribution is -0.137. The SMILES string of the molecule is CCCCCCCC/C=C\CCCCCCCC(=O)O.NC(=O)COCC(N)=O.OB(O)O. The minimum Gasteiger partial charge on any atom is -0.481 e. The Balaban J connectivity index is -0.000000569. The number of nitrogens with two attached hydrogens (primary N) is 2. The van der Waals surface area contributed by atoms with Crippen molar-refractivity contribution in [2.24, 2.45) is 11.5 Å². The van der Waals surface area contributed by atoms with E-state index in [0.29, 0.717) is 6.42 Å². The van der Waals surface area contributed by atoms with E-state index >= 15 is 0 Å². The second-order valence-corrected chi connectivity index (χ2v) is 7.50. The molecule has 0 bridgehead atoms. The van der Waals surface area contributed by atoms with Crippen LogP contribution in [0.4, 0.5) is 0 Å². The van der Waals surface area contributed by atoms with Crippen LogP contribution >= 0.6 is 0 Å². The summed E-state index contributed by atoms with van der Waals surface area (Å²) >= 11 is 0. The Bertz CT molecular complexity index is 474. The first-order valence-corrected chi connectivity index (χ1v) is 11.7. The first-order chi connectivity index (χ1) is 15.6. The largest absolute Gasteiger partial charge is 0.631 e. The number of carboxylic acid groups (broad SMARTS) is 1. The molecule has 11 heteroatoms. The smallest absolute Gasteiger partial charge is 0.481 e. The van der Waals surface area contributed by atoms with Crippen LogP contribution in [-0.2, 0) is 19.1 Å². The van der Waals surface area contributed by atoms with Gasteiger partial charge < -0.3 is 36.4 Å². The molecule has 0 aliphatic heterocycles. The molecule has 0 rings (SSSR count). The van der Waals surface area contributed by atoms with Crippen molar-refractivity contribution in [3.63, 3.8) is 0 Å². The predicted octanol–water partition coefficient (Wildman–Crippen LogP) is 2.03. The molecule has 0 saturated heterocycles. The van der Waals surface area contributed by atoms with Crippen molar-refractivity contribution in [1.82, 2.24) is 0 Å². The van der Waals surface area contributed by atoms with Crippen LogP contribution in [0.3, 0.4) is 0 Å². The Morgan fingerprint density at radius 2 is 1.09 bits per heavy atom. The fourth-order valence-electron chi connectivity index (χ4n) is 2.60. The molecule has 0 unspecified atom stereocenters. The predicted molar refractivity (Wildman–Crippen MR) is 129 cm³/mol. The topological polar surface area (TPSA) is 193 Å². The number of aliphatic carboxylic acids is 1. The molecule has 8 N–H and O–H groups in total. The van der Waals surface area contributed by atoms with Crippen LogP contribution in [0.5, 0.6) is 0 Å². The summed E-state index contributed by atoms with van der Waals surface area (Å²) in [6, 6.07) is 0. The second kappa shape index (κ2) is 30.1. The lowest BCUT2D eigenvalue weighted by Gasteiger charge is -1.99. The Morgan fingerprint density at radius 1 is 0.727 bits per heavy atom. The van der Waals surface area contributed by atoms with E-state index in [-0.39, 0.29) is 13.2 Å². The molecule has 0 spiro atoms. The third-order valence-corrected chi connectivity index (χ3v) is 4.14. The molecule has 0 aromatic rings. The monoisotopic (exact) mass is 476 g/mol. The van der Waals surface area contributed by atoms with E-state index in [0.717, 1.165) is 12.8 Å². The molecule has 0 fully saturated rings. The van der Waals surface area contributed by atoms with Crippen molar-refractivity contribution in [1.29, 1.82) is 0 Å². The van der Waals surface area contributed by atoms with Gasteiger partial charge in [-0.1, -0.05) is 70.4 Å². The highest BCUT2D eigenvalue weighted by molar-refractivity contribution is 6.30. The van der Waals surface area contributed by atoms with Gasteiger partial charge in [0.1, 0.15) is 13.2 Å². The highest BCUT2D eigenvalue weighted by Crippen LogP contribution is 2.09. The molecule has 10 nitrogen and oxygen atoms in total. The summed E-state index contributed by atoms with van der Waals surface area (Å²) in [5.41, 5.74) is 9.33. The van der Waals surface area contributed by atoms with E-state index in [4.69, 9.17) is 20.2 Å². The van der Waals surface area contributed by atoms with Gasteiger partial charge in [0.15, 0.2) is 0 Å². The molecule has 0 aromatic carbocycles. The number of rotatable bonds is 19.